The number of aromatic nitrogens is 2. The zero-order valence-corrected chi connectivity index (χ0v) is 14.1. The van der Waals surface area contributed by atoms with Crippen LogP contribution < -0.4 is 11.1 Å². The number of hydrogen-bond donors (Lipinski definition) is 2. The summed E-state index contributed by atoms with van der Waals surface area (Å²) in [5.41, 5.74) is 2.68. The fourth-order valence-corrected chi connectivity index (χ4v) is 3.69. The molecule has 25 heavy (non-hydrogen) atoms. The highest BCUT2D eigenvalue weighted by atomic mass is 32.1. The molecule has 0 bridgehead atoms. The zero-order valence-electron chi connectivity index (χ0n) is 13.2. The van der Waals surface area contributed by atoms with Crippen LogP contribution >= 0.6 is 11.3 Å². The van der Waals surface area contributed by atoms with E-state index in [-0.39, 0.29) is 5.91 Å². The molecule has 2 heterocycles. The Morgan fingerprint density at radius 2 is 2.12 bits per heavy atom. The van der Waals surface area contributed by atoms with Gasteiger partial charge in [0.15, 0.2) is 5.58 Å². The fourth-order valence-electron chi connectivity index (χ4n) is 2.68. The van der Waals surface area contributed by atoms with E-state index >= 15 is 0 Å². The number of thiazole rings is 1. The first-order valence-corrected chi connectivity index (χ1v) is 8.76. The number of H-pyrrole nitrogens is 1. The summed E-state index contributed by atoms with van der Waals surface area (Å²) in [6.07, 6.45) is 1.92. The summed E-state index contributed by atoms with van der Waals surface area (Å²) in [6.45, 7) is 0. The summed E-state index contributed by atoms with van der Waals surface area (Å²) in [6, 6.07) is 13.1. The van der Waals surface area contributed by atoms with Gasteiger partial charge in [0, 0.05) is 12.1 Å². The number of benzene rings is 2. The summed E-state index contributed by atoms with van der Waals surface area (Å²) in [7, 11) is 0. The van der Waals surface area contributed by atoms with E-state index in [1.807, 2.05) is 18.2 Å². The summed E-state index contributed by atoms with van der Waals surface area (Å²) in [4.78, 5) is 30.4. The molecule has 0 radical (unpaired) electrons. The minimum absolute atomic E-state index is 0.0636. The van der Waals surface area contributed by atoms with Gasteiger partial charge in [-0.05, 0) is 43.2 Å². The second-order valence-corrected chi connectivity index (χ2v) is 6.82. The van der Waals surface area contributed by atoms with Gasteiger partial charge in [-0.2, -0.15) is 0 Å². The van der Waals surface area contributed by atoms with Crippen molar-refractivity contribution in [2.45, 2.75) is 19.3 Å². The third-order valence-electron chi connectivity index (χ3n) is 3.84. The number of nitrogens with zero attached hydrogens (tertiary/aromatic N) is 1. The second kappa shape index (κ2) is 6.52. The number of nitrogens with one attached hydrogen (secondary N) is 2. The normalized spacial score (nSPS) is 11.2. The van der Waals surface area contributed by atoms with Gasteiger partial charge in [-0.1, -0.05) is 12.1 Å². The van der Waals surface area contributed by atoms with Gasteiger partial charge in [0.05, 0.1) is 20.7 Å². The van der Waals surface area contributed by atoms with Crippen LogP contribution in [-0.2, 0) is 11.2 Å². The van der Waals surface area contributed by atoms with Gasteiger partial charge in [0.2, 0.25) is 5.91 Å². The molecule has 0 spiro atoms. The SMILES string of the molecule is O=C(CCCc1nc2ccccc2s1)Nc1ccc2oc(=O)[nH]c2c1. The molecule has 0 unspecified atom stereocenters. The molecule has 126 valence electrons. The van der Waals surface area contributed by atoms with Crippen molar-refractivity contribution < 1.29 is 9.21 Å². The van der Waals surface area contributed by atoms with Gasteiger partial charge in [-0.15, -0.1) is 11.3 Å². The Hall–Kier alpha value is -2.93. The molecule has 0 aliphatic heterocycles. The molecule has 0 saturated carbocycles. The molecule has 0 fully saturated rings. The summed E-state index contributed by atoms with van der Waals surface area (Å²) < 4.78 is 6.11. The van der Waals surface area contributed by atoms with E-state index in [1.165, 1.54) is 4.70 Å². The maximum atomic E-state index is 12.1. The van der Waals surface area contributed by atoms with E-state index in [0.717, 1.165) is 23.4 Å². The first-order valence-electron chi connectivity index (χ1n) is 7.94. The van der Waals surface area contributed by atoms with E-state index in [0.29, 0.717) is 23.2 Å². The van der Waals surface area contributed by atoms with Crippen molar-refractivity contribution in [1.82, 2.24) is 9.97 Å². The van der Waals surface area contributed by atoms with E-state index in [9.17, 15) is 9.59 Å². The Morgan fingerprint density at radius 1 is 1.24 bits per heavy atom. The lowest BCUT2D eigenvalue weighted by Crippen LogP contribution is -2.11. The fraction of sp³-hybridized carbons (Fsp3) is 0.167. The first kappa shape index (κ1) is 15.6. The molecule has 2 aromatic heterocycles. The standard InChI is InChI=1S/C18H15N3O3S/c22-16(19-11-8-9-14-13(10-11)21-18(23)24-14)6-3-7-17-20-12-4-1-2-5-15(12)25-17/h1-2,4-5,8-10H,3,6-7H2,(H,19,22)(H,21,23). The maximum Gasteiger partial charge on any atom is 0.417 e. The lowest BCUT2D eigenvalue weighted by Gasteiger charge is -2.04. The highest BCUT2D eigenvalue weighted by molar-refractivity contribution is 7.18. The van der Waals surface area contributed by atoms with Crippen molar-refractivity contribution in [1.29, 1.82) is 0 Å². The van der Waals surface area contributed by atoms with Crippen molar-refractivity contribution in [3.05, 3.63) is 58.0 Å². The lowest BCUT2D eigenvalue weighted by atomic mass is 10.2. The van der Waals surface area contributed by atoms with Crippen LogP contribution in [-0.4, -0.2) is 15.9 Å². The molecule has 0 aliphatic carbocycles. The summed E-state index contributed by atoms with van der Waals surface area (Å²) in [5.74, 6) is -0.569. The molecule has 0 aliphatic rings. The number of carbonyl (C=O) groups is 1. The van der Waals surface area contributed by atoms with Crippen LogP contribution in [0.5, 0.6) is 0 Å². The van der Waals surface area contributed by atoms with Crippen LogP contribution in [0, 0.1) is 0 Å². The number of aryl methyl sites for hydroxylation is 1. The average Bonchev–Trinajstić information content (AvgIpc) is 3.16. The lowest BCUT2D eigenvalue weighted by molar-refractivity contribution is -0.116. The van der Waals surface area contributed by atoms with Gasteiger partial charge in [-0.3, -0.25) is 9.78 Å². The number of aromatic amines is 1. The molecular weight excluding hydrogens is 338 g/mol. The van der Waals surface area contributed by atoms with Gasteiger partial charge in [-0.25, -0.2) is 9.78 Å². The van der Waals surface area contributed by atoms with Crippen molar-refractivity contribution in [2.75, 3.05) is 5.32 Å². The van der Waals surface area contributed by atoms with Crippen molar-refractivity contribution in [3.8, 4) is 0 Å². The molecule has 1 amide bonds. The summed E-state index contributed by atoms with van der Waals surface area (Å²) >= 11 is 1.67. The Balaban J connectivity index is 1.34. The Labute approximate surface area is 146 Å². The molecule has 0 atom stereocenters. The van der Waals surface area contributed by atoms with E-state index in [4.69, 9.17) is 4.42 Å². The monoisotopic (exact) mass is 353 g/mol. The zero-order chi connectivity index (χ0) is 17.2. The molecule has 2 N–H and O–H groups in total. The van der Waals surface area contributed by atoms with Crippen LogP contribution in [0.25, 0.3) is 21.3 Å². The molecule has 4 rings (SSSR count). The van der Waals surface area contributed by atoms with Crippen LogP contribution in [0.1, 0.15) is 17.8 Å². The third-order valence-corrected chi connectivity index (χ3v) is 4.93. The molecule has 4 aromatic rings. The van der Waals surface area contributed by atoms with E-state index < -0.39 is 5.76 Å². The number of amides is 1. The molecule has 2 aromatic carbocycles. The molecule has 0 saturated heterocycles. The number of hydrogen-bond acceptors (Lipinski definition) is 5. The second-order valence-electron chi connectivity index (χ2n) is 5.70. The van der Waals surface area contributed by atoms with Gasteiger partial charge >= 0.3 is 5.76 Å². The predicted octanol–water partition coefficient (Wildman–Crippen LogP) is 3.69. The predicted molar refractivity (Wildman–Crippen MR) is 98.0 cm³/mol. The number of para-hydroxylation sites is 1. The van der Waals surface area contributed by atoms with Crippen LogP contribution in [0.3, 0.4) is 0 Å². The van der Waals surface area contributed by atoms with Gasteiger partial charge in [0.1, 0.15) is 0 Å². The van der Waals surface area contributed by atoms with Crippen molar-refractivity contribution in [3.63, 3.8) is 0 Å². The molecule has 6 nitrogen and oxygen atoms in total. The van der Waals surface area contributed by atoms with Crippen molar-refractivity contribution in [2.24, 2.45) is 0 Å². The third kappa shape index (κ3) is 3.46. The molecular formula is C18H15N3O3S. The summed E-state index contributed by atoms with van der Waals surface area (Å²) in [5, 5.41) is 3.88. The number of carbonyl (C=O) groups excluding carboxylic acids is 1. The number of fused-ring (bicyclic) bond motifs is 2. The maximum absolute atomic E-state index is 12.1. The molecule has 7 heteroatoms. The average molecular weight is 353 g/mol. The van der Waals surface area contributed by atoms with E-state index in [1.54, 1.807) is 29.5 Å². The van der Waals surface area contributed by atoms with Crippen molar-refractivity contribution >= 4 is 44.2 Å². The van der Waals surface area contributed by atoms with Gasteiger partial charge < -0.3 is 9.73 Å². The van der Waals surface area contributed by atoms with Crippen LogP contribution in [0.2, 0.25) is 0 Å². The highest BCUT2D eigenvalue weighted by Crippen LogP contribution is 2.23. The van der Waals surface area contributed by atoms with Gasteiger partial charge in [0.25, 0.3) is 0 Å². The Kier molecular flexibility index (Phi) is 4.07. The van der Waals surface area contributed by atoms with Crippen LogP contribution in [0.15, 0.2) is 51.7 Å². The number of rotatable bonds is 5. The largest absolute Gasteiger partial charge is 0.417 e. The highest BCUT2D eigenvalue weighted by Gasteiger charge is 2.08. The van der Waals surface area contributed by atoms with E-state index in [2.05, 4.69) is 21.4 Å². The Morgan fingerprint density at radius 3 is 3.00 bits per heavy atom. The Bertz CT molecular complexity index is 1080. The quantitative estimate of drug-likeness (QED) is 0.573. The minimum Gasteiger partial charge on any atom is -0.408 e. The first-order chi connectivity index (χ1) is 12.2. The minimum atomic E-state index is -0.505. The number of oxazole rings is 1. The topological polar surface area (TPSA) is 88.0 Å². The van der Waals surface area contributed by atoms with Crippen LogP contribution in [0.4, 0.5) is 5.69 Å². The smallest absolute Gasteiger partial charge is 0.408 e. The number of anilines is 1.